The minimum atomic E-state index is -0.297. The number of hydrogen-bond donors (Lipinski definition) is 2. The van der Waals surface area contributed by atoms with Gasteiger partial charge in [-0.05, 0) is 30.3 Å². The Hall–Kier alpha value is -2.99. The lowest BCUT2D eigenvalue weighted by Gasteiger charge is -2.09. The second kappa shape index (κ2) is 6.19. The molecule has 3 aromatic rings. The minimum absolute atomic E-state index is 0.164. The van der Waals surface area contributed by atoms with E-state index in [0.29, 0.717) is 16.8 Å². The van der Waals surface area contributed by atoms with Crippen molar-refractivity contribution in [1.29, 1.82) is 0 Å². The molecule has 0 aliphatic rings. The summed E-state index contributed by atoms with van der Waals surface area (Å²) >= 11 is 0. The van der Waals surface area contributed by atoms with E-state index < -0.39 is 0 Å². The van der Waals surface area contributed by atoms with Gasteiger partial charge in [0.1, 0.15) is 5.82 Å². The highest BCUT2D eigenvalue weighted by Crippen LogP contribution is 2.15. The van der Waals surface area contributed by atoms with Gasteiger partial charge in [0, 0.05) is 30.4 Å². The van der Waals surface area contributed by atoms with Crippen LogP contribution in [-0.2, 0) is 6.61 Å². The van der Waals surface area contributed by atoms with Crippen LogP contribution in [0.15, 0.2) is 61.3 Å². The molecule has 0 bridgehead atoms. The van der Waals surface area contributed by atoms with Crippen LogP contribution < -0.4 is 5.32 Å². The van der Waals surface area contributed by atoms with Gasteiger partial charge < -0.3 is 15.0 Å². The van der Waals surface area contributed by atoms with Crippen LogP contribution >= 0.6 is 0 Å². The van der Waals surface area contributed by atoms with Gasteiger partial charge in [-0.3, -0.25) is 9.78 Å². The maximum Gasteiger partial charge on any atom is 0.257 e. The molecular formula is C16H14N4O2. The zero-order chi connectivity index (χ0) is 15.4. The van der Waals surface area contributed by atoms with Gasteiger partial charge in [0.05, 0.1) is 24.1 Å². The Balaban J connectivity index is 1.78. The van der Waals surface area contributed by atoms with Crippen molar-refractivity contribution < 1.29 is 9.90 Å². The molecule has 6 heteroatoms. The number of hydrogen-bond acceptors (Lipinski definition) is 4. The van der Waals surface area contributed by atoms with E-state index >= 15 is 0 Å². The van der Waals surface area contributed by atoms with Crippen molar-refractivity contribution in [1.82, 2.24) is 14.5 Å². The van der Waals surface area contributed by atoms with Gasteiger partial charge in [-0.25, -0.2) is 4.98 Å². The third kappa shape index (κ3) is 2.87. The molecule has 0 saturated carbocycles. The number of aliphatic hydroxyl groups is 1. The van der Waals surface area contributed by atoms with Gasteiger partial charge in [-0.1, -0.05) is 0 Å². The molecular weight excluding hydrogens is 280 g/mol. The van der Waals surface area contributed by atoms with E-state index in [1.807, 2.05) is 29.1 Å². The summed E-state index contributed by atoms with van der Waals surface area (Å²) in [5.74, 6) is 0.438. The molecule has 0 saturated heterocycles. The fraction of sp³-hybridized carbons (Fsp3) is 0.0625. The van der Waals surface area contributed by atoms with Gasteiger partial charge in [0.2, 0.25) is 0 Å². The lowest BCUT2D eigenvalue weighted by molar-refractivity contribution is 0.102. The Morgan fingerprint density at radius 2 is 2.00 bits per heavy atom. The highest BCUT2D eigenvalue weighted by molar-refractivity contribution is 6.04. The third-order valence-corrected chi connectivity index (χ3v) is 3.21. The van der Waals surface area contributed by atoms with Crippen molar-refractivity contribution in [2.24, 2.45) is 0 Å². The van der Waals surface area contributed by atoms with Crippen molar-refractivity contribution in [3.8, 4) is 5.82 Å². The fourth-order valence-corrected chi connectivity index (χ4v) is 2.03. The van der Waals surface area contributed by atoms with Crippen molar-refractivity contribution in [2.45, 2.75) is 6.61 Å². The predicted molar refractivity (Wildman–Crippen MR) is 81.7 cm³/mol. The molecule has 0 fully saturated rings. The van der Waals surface area contributed by atoms with Crippen molar-refractivity contribution in [3.05, 3.63) is 72.4 Å². The van der Waals surface area contributed by atoms with Crippen molar-refractivity contribution in [3.63, 3.8) is 0 Å². The maximum atomic E-state index is 12.2. The number of nitrogens with one attached hydrogen (secondary N) is 1. The summed E-state index contributed by atoms with van der Waals surface area (Å²) in [5, 5.41) is 12.0. The monoisotopic (exact) mass is 294 g/mol. The topological polar surface area (TPSA) is 80.0 Å². The third-order valence-electron chi connectivity index (χ3n) is 3.21. The highest BCUT2D eigenvalue weighted by atomic mass is 16.3. The normalized spacial score (nSPS) is 10.4. The molecule has 0 spiro atoms. The maximum absolute atomic E-state index is 12.2. The number of pyridine rings is 2. The second-order valence-electron chi connectivity index (χ2n) is 4.64. The molecule has 3 rings (SSSR count). The second-order valence-corrected chi connectivity index (χ2v) is 4.64. The number of amides is 1. The van der Waals surface area contributed by atoms with Crippen LogP contribution in [0.2, 0.25) is 0 Å². The average molecular weight is 294 g/mol. The lowest BCUT2D eigenvalue weighted by atomic mass is 10.2. The summed E-state index contributed by atoms with van der Waals surface area (Å²) in [6.07, 6.45) is 8.34. The molecule has 6 nitrogen and oxygen atoms in total. The van der Waals surface area contributed by atoms with Crippen LogP contribution in [0.4, 0.5) is 5.69 Å². The smallest absolute Gasteiger partial charge is 0.257 e. The first-order chi connectivity index (χ1) is 10.8. The first-order valence-electron chi connectivity index (χ1n) is 6.72. The Labute approximate surface area is 127 Å². The van der Waals surface area contributed by atoms with Gasteiger partial charge in [-0.15, -0.1) is 0 Å². The van der Waals surface area contributed by atoms with Crippen LogP contribution in [-0.4, -0.2) is 25.5 Å². The number of nitrogens with zero attached hydrogens (tertiary/aromatic N) is 3. The molecule has 1 amide bonds. The van der Waals surface area contributed by atoms with Crippen LogP contribution in [0.3, 0.4) is 0 Å². The Morgan fingerprint density at radius 1 is 1.18 bits per heavy atom. The van der Waals surface area contributed by atoms with E-state index in [1.165, 1.54) is 12.4 Å². The van der Waals surface area contributed by atoms with Crippen molar-refractivity contribution >= 4 is 11.6 Å². The Kier molecular flexibility index (Phi) is 3.93. The number of rotatable bonds is 4. The van der Waals surface area contributed by atoms with Gasteiger partial charge >= 0.3 is 0 Å². The molecule has 22 heavy (non-hydrogen) atoms. The van der Waals surface area contributed by atoms with E-state index in [2.05, 4.69) is 15.3 Å². The van der Waals surface area contributed by atoms with E-state index in [9.17, 15) is 9.90 Å². The SMILES string of the molecule is O=C(Nc1cnccc1CO)c1ccc(-n2cccc2)nc1. The Bertz CT molecular complexity index is 767. The van der Waals surface area contributed by atoms with E-state index in [4.69, 9.17) is 0 Å². The summed E-state index contributed by atoms with van der Waals surface area (Å²) in [7, 11) is 0. The summed E-state index contributed by atoms with van der Waals surface area (Å²) in [6, 6.07) is 8.93. The molecule has 0 aliphatic carbocycles. The molecule has 110 valence electrons. The molecule has 0 radical (unpaired) electrons. The number of carbonyl (C=O) groups excluding carboxylic acids is 1. The first-order valence-corrected chi connectivity index (χ1v) is 6.72. The highest BCUT2D eigenvalue weighted by Gasteiger charge is 2.09. The lowest BCUT2D eigenvalue weighted by Crippen LogP contribution is -2.14. The van der Waals surface area contributed by atoms with Gasteiger partial charge in [-0.2, -0.15) is 0 Å². The summed E-state index contributed by atoms with van der Waals surface area (Å²) in [4.78, 5) is 20.4. The zero-order valence-electron chi connectivity index (χ0n) is 11.7. The molecule has 0 unspecified atom stereocenters. The molecule has 3 aromatic heterocycles. The number of aliphatic hydroxyl groups excluding tert-OH is 1. The van der Waals surface area contributed by atoms with Crippen LogP contribution in [0, 0.1) is 0 Å². The Morgan fingerprint density at radius 3 is 2.68 bits per heavy atom. The summed E-state index contributed by atoms with van der Waals surface area (Å²) < 4.78 is 1.85. The summed E-state index contributed by atoms with van der Waals surface area (Å²) in [5.41, 5.74) is 1.54. The largest absolute Gasteiger partial charge is 0.392 e. The predicted octanol–water partition coefficient (Wildman–Crippen LogP) is 2.01. The zero-order valence-corrected chi connectivity index (χ0v) is 11.7. The van der Waals surface area contributed by atoms with Gasteiger partial charge in [0.15, 0.2) is 0 Å². The van der Waals surface area contributed by atoms with E-state index in [0.717, 1.165) is 5.82 Å². The van der Waals surface area contributed by atoms with E-state index in [-0.39, 0.29) is 12.5 Å². The number of carbonyl (C=O) groups is 1. The molecule has 2 N–H and O–H groups in total. The molecule has 3 heterocycles. The summed E-state index contributed by atoms with van der Waals surface area (Å²) in [6.45, 7) is -0.164. The molecule has 0 aliphatic heterocycles. The average Bonchev–Trinajstić information content (AvgIpc) is 3.10. The number of aromatic nitrogens is 3. The van der Waals surface area contributed by atoms with Crippen LogP contribution in [0.1, 0.15) is 15.9 Å². The minimum Gasteiger partial charge on any atom is -0.392 e. The molecule has 0 atom stereocenters. The van der Waals surface area contributed by atoms with Crippen molar-refractivity contribution in [2.75, 3.05) is 5.32 Å². The van der Waals surface area contributed by atoms with Gasteiger partial charge in [0.25, 0.3) is 5.91 Å². The quantitative estimate of drug-likeness (QED) is 0.771. The fourth-order valence-electron chi connectivity index (χ4n) is 2.03. The molecule has 0 aromatic carbocycles. The van der Waals surface area contributed by atoms with E-state index in [1.54, 1.807) is 24.4 Å². The first kappa shape index (κ1) is 14.0. The number of anilines is 1. The van der Waals surface area contributed by atoms with Crippen LogP contribution in [0.25, 0.3) is 5.82 Å². The van der Waals surface area contributed by atoms with Crippen LogP contribution in [0.5, 0.6) is 0 Å². The standard InChI is InChI=1S/C16H14N4O2/c21-11-13-5-6-17-10-14(13)19-16(22)12-3-4-15(18-9-12)20-7-1-2-8-20/h1-10,21H,11H2,(H,19,22).